The maximum atomic E-state index is 3.55. The maximum Gasteiger partial charge on any atom is 0.0212 e. The van der Waals surface area contributed by atoms with E-state index in [1.54, 1.807) is 0 Å². The number of rotatable bonds is 7. The first-order valence-corrected chi connectivity index (χ1v) is 9.81. The first-order chi connectivity index (χ1) is 11.6. The van der Waals surface area contributed by atoms with Crippen LogP contribution in [0.25, 0.3) is 11.6 Å². The van der Waals surface area contributed by atoms with Crippen molar-refractivity contribution >= 4 is 11.6 Å². The van der Waals surface area contributed by atoms with E-state index in [0.717, 1.165) is 6.42 Å². The molecule has 1 heteroatoms. The van der Waals surface area contributed by atoms with Gasteiger partial charge in [0.1, 0.15) is 0 Å². The van der Waals surface area contributed by atoms with Crippen LogP contribution in [0.4, 0.5) is 0 Å². The fourth-order valence-corrected chi connectivity index (χ4v) is 3.96. The second-order valence-corrected chi connectivity index (χ2v) is 7.22. The summed E-state index contributed by atoms with van der Waals surface area (Å²) < 4.78 is 0. The van der Waals surface area contributed by atoms with Crippen LogP contribution in [0.3, 0.4) is 0 Å². The van der Waals surface area contributed by atoms with Gasteiger partial charge in [0.25, 0.3) is 0 Å². The minimum atomic E-state index is 0.483. The molecule has 24 heavy (non-hydrogen) atoms. The molecule has 0 heterocycles. The highest BCUT2D eigenvalue weighted by molar-refractivity contribution is 5.67. The topological polar surface area (TPSA) is 12.0 Å². The molecule has 0 spiro atoms. The molecule has 1 nitrogen and oxygen atoms in total. The summed E-state index contributed by atoms with van der Waals surface area (Å²) in [6, 6.07) is 7.13. The Morgan fingerprint density at radius 3 is 2.50 bits per heavy atom. The molecule has 2 rings (SSSR count). The third-order valence-corrected chi connectivity index (χ3v) is 5.60. The molecule has 1 aromatic rings. The first-order valence-electron chi connectivity index (χ1n) is 9.81. The lowest BCUT2D eigenvalue weighted by molar-refractivity contribution is 0.621. The quantitative estimate of drug-likeness (QED) is 0.776. The van der Waals surface area contributed by atoms with Crippen molar-refractivity contribution in [2.45, 2.75) is 66.7 Å². The lowest BCUT2D eigenvalue weighted by atomic mass is 9.86. The van der Waals surface area contributed by atoms with E-state index in [1.807, 2.05) is 0 Å². The summed E-state index contributed by atoms with van der Waals surface area (Å²) in [5.74, 6) is 1.07. The molecule has 1 aliphatic rings. The Labute approximate surface area is 148 Å². The van der Waals surface area contributed by atoms with Crippen molar-refractivity contribution in [1.29, 1.82) is 0 Å². The molecule has 0 radical (unpaired) electrons. The summed E-state index contributed by atoms with van der Waals surface area (Å²) in [4.78, 5) is 0. The zero-order valence-electron chi connectivity index (χ0n) is 16.5. The number of hydrogen-bond donors (Lipinski definition) is 1. The van der Waals surface area contributed by atoms with Crippen molar-refractivity contribution in [2.75, 3.05) is 7.05 Å². The van der Waals surface area contributed by atoms with E-state index in [9.17, 15) is 0 Å². The molecule has 0 saturated carbocycles. The van der Waals surface area contributed by atoms with Gasteiger partial charge in [-0.3, -0.25) is 0 Å². The fraction of sp³-hybridized carbons (Fsp3) is 0.565. The number of allylic oxidation sites excluding steroid dienone is 2. The van der Waals surface area contributed by atoms with Crippen molar-refractivity contribution in [3.8, 4) is 0 Å². The lowest BCUT2D eigenvalue weighted by Crippen LogP contribution is -2.27. The number of aryl methyl sites for hydroxylation is 1. The number of nitrogens with one attached hydrogen (secondary N) is 1. The van der Waals surface area contributed by atoms with E-state index in [0.29, 0.717) is 11.8 Å². The number of unbranched alkanes of at least 4 members (excludes halogenated alkanes) is 1. The summed E-state index contributed by atoms with van der Waals surface area (Å²) in [5.41, 5.74) is 5.89. The lowest BCUT2D eigenvalue weighted by Gasteiger charge is -2.24. The highest BCUT2D eigenvalue weighted by Crippen LogP contribution is 2.31. The molecule has 0 fully saturated rings. The van der Waals surface area contributed by atoms with E-state index >= 15 is 0 Å². The Hall–Kier alpha value is -1.50. The largest absolute Gasteiger partial charge is 0.391 e. The van der Waals surface area contributed by atoms with E-state index in [-0.39, 0.29) is 0 Å². The van der Waals surface area contributed by atoms with Crippen molar-refractivity contribution in [1.82, 2.24) is 5.32 Å². The summed E-state index contributed by atoms with van der Waals surface area (Å²) in [6.45, 7) is 11.5. The van der Waals surface area contributed by atoms with Crippen LogP contribution in [0.1, 0.15) is 65.9 Å². The van der Waals surface area contributed by atoms with Gasteiger partial charge in [0.15, 0.2) is 0 Å². The smallest absolute Gasteiger partial charge is 0.0212 e. The molecule has 1 aromatic carbocycles. The SMILES string of the molecule is CCCCc1ccc2c(c1)=CC(CC)C(NC)=C(C(C)CC)C=2C. The van der Waals surface area contributed by atoms with Gasteiger partial charge in [-0.2, -0.15) is 0 Å². The van der Waals surface area contributed by atoms with Crippen molar-refractivity contribution < 1.29 is 0 Å². The molecule has 1 aliphatic carbocycles. The van der Waals surface area contributed by atoms with Crippen LogP contribution in [-0.2, 0) is 6.42 Å². The summed E-state index contributed by atoms with van der Waals surface area (Å²) in [5, 5.41) is 6.41. The van der Waals surface area contributed by atoms with Crippen molar-refractivity contribution in [2.24, 2.45) is 11.8 Å². The average molecular weight is 326 g/mol. The molecular formula is C23H35N. The van der Waals surface area contributed by atoms with Gasteiger partial charge in [0.05, 0.1) is 0 Å². The van der Waals surface area contributed by atoms with E-state index in [4.69, 9.17) is 0 Å². The van der Waals surface area contributed by atoms with Crippen LogP contribution in [0.2, 0.25) is 0 Å². The van der Waals surface area contributed by atoms with E-state index in [1.165, 1.54) is 58.5 Å². The van der Waals surface area contributed by atoms with Gasteiger partial charge < -0.3 is 5.32 Å². The Balaban J connectivity index is 2.69. The number of fused-ring (bicyclic) bond motifs is 1. The average Bonchev–Trinajstić information content (AvgIpc) is 2.72. The molecule has 2 atom stereocenters. The van der Waals surface area contributed by atoms with Crippen LogP contribution in [-0.4, -0.2) is 7.05 Å². The van der Waals surface area contributed by atoms with Gasteiger partial charge in [-0.1, -0.05) is 58.4 Å². The molecule has 0 aromatic heterocycles. The number of hydrogen-bond acceptors (Lipinski definition) is 1. The Bertz CT molecular complexity index is 708. The molecule has 0 amide bonds. The van der Waals surface area contributed by atoms with Gasteiger partial charge in [-0.25, -0.2) is 0 Å². The van der Waals surface area contributed by atoms with Crippen LogP contribution in [0.5, 0.6) is 0 Å². The highest BCUT2D eigenvalue weighted by atomic mass is 14.8. The Morgan fingerprint density at radius 2 is 1.92 bits per heavy atom. The molecule has 0 bridgehead atoms. The van der Waals surface area contributed by atoms with Crippen LogP contribution >= 0.6 is 0 Å². The monoisotopic (exact) mass is 325 g/mol. The van der Waals surface area contributed by atoms with Crippen molar-refractivity contribution in [3.05, 3.63) is 45.5 Å². The highest BCUT2D eigenvalue weighted by Gasteiger charge is 2.21. The molecule has 1 N–H and O–H groups in total. The van der Waals surface area contributed by atoms with Gasteiger partial charge in [-0.15, -0.1) is 0 Å². The van der Waals surface area contributed by atoms with Crippen LogP contribution in [0, 0.1) is 11.8 Å². The molecular weight excluding hydrogens is 290 g/mol. The van der Waals surface area contributed by atoms with Gasteiger partial charge in [0, 0.05) is 18.7 Å². The van der Waals surface area contributed by atoms with E-state index in [2.05, 4.69) is 71.3 Å². The molecule has 0 saturated heterocycles. The zero-order valence-corrected chi connectivity index (χ0v) is 16.5. The minimum Gasteiger partial charge on any atom is -0.391 e. The zero-order chi connectivity index (χ0) is 17.7. The first kappa shape index (κ1) is 18.8. The van der Waals surface area contributed by atoms with Crippen LogP contribution < -0.4 is 15.8 Å². The molecule has 132 valence electrons. The third-order valence-electron chi connectivity index (χ3n) is 5.60. The third kappa shape index (κ3) is 3.77. The summed E-state index contributed by atoms with van der Waals surface area (Å²) >= 11 is 0. The Morgan fingerprint density at radius 1 is 1.17 bits per heavy atom. The second kappa shape index (κ2) is 8.55. The van der Waals surface area contributed by atoms with Gasteiger partial charge in [0.2, 0.25) is 0 Å². The van der Waals surface area contributed by atoms with E-state index < -0.39 is 0 Å². The maximum absolute atomic E-state index is 3.55. The van der Waals surface area contributed by atoms with Gasteiger partial charge in [-0.05, 0) is 65.7 Å². The second-order valence-electron chi connectivity index (χ2n) is 7.22. The standard InChI is InChI=1S/C23H35N/c1-7-10-11-18-12-13-21-17(5)22(16(4)8-2)23(24-6)19(9-3)15-20(21)14-18/h12-16,19,24H,7-11H2,1-6H3. The van der Waals surface area contributed by atoms with Crippen molar-refractivity contribution in [3.63, 3.8) is 0 Å². The predicted octanol–water partition coefficient (Wildman–Crippen LogP) is 4.54. The summed E-state index contributed by atoms with van der Waals surface area (Å²) in [6.07, 6.45) is 8.54. The predicted molar refractivity (Wildman–Crippen MR) is 107 cm³/mol. The Kier molecular flexibility index (Phi) is 6.71. The number of benzene rings is 1. The van der Waals surface area contributed by atoms with Gasteiger partial charge >= 0.3 is 0 Å². The van der Waals surface area contributed by atoms with Crippen LogP contribution in [0.15, 0.2) is 29.5 Å². The molecule has 0 aliphatic heterocycles. The minimum absolute atomic E-state index is 0.483. The normalized spacial score (nSPS) is 18.8. The fourth-order valence-electron chi connectivity index (χ4n) is 3.96. The summed E-state index contributed by atoms with van der Waals surface area (Å²) in [7, 11) is 2.09. The molecule has 2 unspecified atom stereocenters.